The standard InChI is InChI=1S/C21H25N3O4S/c1-28-19-4-2-17(3-5-19)21(25)23-12-8-18-15-24(14-16-6-10-22-11-7-16)29(26,27)20(18)9-13-23/h2-7,10-11,18,20H,8-9,12-15H2,1H3/t18-,20-/m1/s1. The van der Waals surface area contributed by atoms with E-state index in [0.29, 0.717) is 50.3 Å². The van der Waals surface area contributed by atoms with Crippen LogP contribution in [0, 0.1) is 5.92 Å². The smallest absolute Gasteiger partial charge is 0.253 e. The number of carbonyl (C=O) groups is 1. The van der Waals surface area contributed by atoms with E-state index in [1.165, 1.54) is 0 Å². The molecule has 4 rings (SSSR count). The number of sulfonamides is 1. The van der Waals surface area contributed by atoms with Crippen molar-refractivity contribution in [3.05, 3.63) is 59.9 Å². The Morgan fingerprint density at radius 2 is 1.79 bits per heavy atom. The molecule has 0 saturated carbocycles. The lowest BCUT2D eigenvalue weighted by atomic mass is 10.0. The van der Waals surface area contributed by atoms with Crippen LogP contribution in [0.1, 0.15) is 28.8 Å². The van der Waals surface area contributed by atoms with Crippen molar-refractivity contribution >= 4 is 15.9 Å². The van der Waals surface area contributed by atoms with Gasteiger partial charge in [0.2, 0.25) is 10.0 Å². The molecule has 7 nitrogen and oxygen atoms in total. The van der Waals surface area contributed by atoms with Gasteiger partial charge in [-0.2, -0.15) is 4.31 Å². The first kappa shape index (κ1) is 19.8. The Balaban J connectivity index is 1.44. The van der Waals surface area contributed by atoms with Crippen molar-refractivity contribution in [2.45, 2.75) is 24.6 Å². The van der Waals surface area contributed by atoms with Gasteiger partial charge in [-0.1, -0.05) is 0 Å². The molecule has 2 aromatic rings. The Hall–Kier alpha value is -2.45. The molecular formula is C21H25N3O4S. The number of pyridine rings is 1. The number of methoxy groups -OCH3 is 1. The van der Waals surface area contributed by atoms with E-state index in [-0.39, 0.29) is 11.8 Å². The predicted molar refractivity (Wildman–Crippen MR) is 109 cm³/mol. The molecule has 29 heavy (non-hydrogen) atoms. The van der Waals surface area contributed by atoms with Gasteiger partial charge in [0, 0.05) is 44.1 Å². The van der Waals surface area contributed by atoms with Gasteiger partial charge in [0.05, 0.1) is 12.4 Å². The lowest BCUT2D eigenvalue weighted by Gasteiger charge is -2.22. The first-order chi connectivity index (χ1) is 14.0. The third kappa shape index (κ3) is 4.00. The quantitative estimate of drug-likeness (QED) is 0.765. The zero-order valence-corrected chi connectivity index (χ0v) is 17.2. The summed E-state index contributed by atoms with van der Waals surface area (Å²) in [7, 11) is -1.79. The van der Waals surface area contributed by atoms with Crippen LogP contribution in [-0.2, 0) is 16.6 Å². The molecule has 0 bridgehead atoms. The molecule has 154 valence electrons. The van der Waals surface area contributed by atoms with Crippen LogP contribution in [0.4, 0.5) is 0 Å². The van der Waals surface area contributed by atoms with E-state index in [2.05, 4.69) is 4.98 Å². The van der Waals surface area contributed by atoms with Crippen LogP contribution in [0.15, 0.2) is 48.8 Å². The summed E-state index contributed by atoms with van der Waals surface area (Å²) < 4.78 is 32.9. The molecule has 2 saturated heterocycles. The number of benzene rings is 1. The monoisotopic (exact) mass is 415 g/mol. The van der Waals surface area contributed by atoms with E-state index in [1.807, 2.05) is 12.1 Å². The summed E-state index contributed by atoms with van der Waals surface area (Å²) in [4.78, 5) is 18.6. The van der Waals surface area contributed by atoms with Crippen molar-refractivity contribution in [1.29, 1.82) is 0 Å². The van der Waals surface area contributed by atoms with Crippen LogP contribution < -0.4 is 4.74 Å². The van der Waals surface area contributed by atoms with E-state index >= 15 is 0 Å². The Bertz CT molecular complexity index is 963. The molecule has 2 aliphatic rings. The molecular weight excluding hydrogens is 390 g/mol. The topological polar surface area (TPSA) is 79.8 Å². The SMILES string of the molecule is COc1ccc(C(=O)N2CC[C@@H]3CN(Cc4ccncc4)S(=O)(=O)[C@@H]3CC2)cc1. The third-order valence-electron chi connectivity index (χ3n) is 5.89. The van der Waals surface area contributed by atoms with Gasteiger partial charge in [0.25, 0.3) is 5.91 Å². The number of carbonyl (C=O) groups excluding carboxylic acids is 1. The second-order valence-corrected chi connectivity index (χ2v) is 9.74. The maximum atomic E-state index is 13.1. The molecule has 0 spiro atoms. The number of hydrogen-bond donors (Lipinski definition) is 0. The molecule has 0 N–H and O–H groups in total. The van der Waals surface area contributed by atoms with Gasteiger partial charge in [0.1, 0.15) is 5.75 Å². The second-order valence-electron chi connectivity index (χ2n) is 7.59. The van der Waals surface area contributed by atoms with E-state index in [0.717, 1.165) is 5.56 Å². The summed E-state index contributed by atoms with van der Waals surface area (Å²) in [6.07, 6.45) is 4.53. The van der Waals surface area contributed by atoms with Gasteiger partial charge in [-0.15, -0.1) is 0 Å². The minimum Gasteiger partial charge on any atom is -0.497 e. The van der Waals surface area contributed by atoms with Gasteiger partial charge >= 0.3 is 0 Å². The number of hydrogen-bond acceptors (Lipinski definition) is 5. The lowest BCUT2D eigenvalue weighted by molar-refractivity contribution is 0.0759. The van der Waals surface area contributed by atoms with Crippen LogP contribution >= 0.6 is 0 Å². The van der Waals surface area contributed by atoms with Crippen LogP contribution in [0.3, 0.4) is 0 Å². The maximum absolute atomic E-state index is 13.1. The van der Waals surface area contributed by atoms with Crippen molar-refractivity contribution < 1.29 is 17.9 Å². The summed E-state index contributed by atoms with van der Waals surface area (Å²) in [5, 5.41) is -0.419. The molecule has 2 atom stereocenters. The average Bonchev–Trinajstić information content (AvgIpc) is 2.88. The fraction of sp³-hybridized carbons (Fsp3) is 0.429. The summed E-state index contributed by atoms with van der Waals surface area (Å²) in [5.41, 5.74) is 1.54. The summed E-state index contributed by atoms with van der Waals surface area (Å²) in [6, 6.07) is 10.7. The molecule has 2 aliphatic heterocycles. The van der Waals surface area contributed by atoms with Gasteiger partial charge < -0.3 is 9.64 Å². The van der Waals surface area contributed by atoms with Gasteiger partial charge in [0.15, 0.2) is 0 Å². The molecule has 1 amide bonds. The molecule has 2 fully saturated rings. The number of ether oxygens (including phenoxy) is 1. The van der Waals surface area contributed by atoms with Crippen LogP contribution in [0.2, 0.25) is 0 Å². The number of aromatic nitrogens is 1. The number of nitrogens with zero attached hydrogens (tertiary/aromatic N) is 3. The largest absolute Gasteiger partial charge is 0.497 e. The van der Waals surface area contributed by atoms with Crippen molar-refractivity contribution in [3.63, 3.8) is 0 Å². The normalized spacial score (nSPS) is 24.0. The minimum atomic E-state index is -3.37. The molecule has 1 aromatic heterocycles. The molecule has 1 aromatic carbocycles. The van der Waals surface area contributed by atoms with Gasteiger partial charge in [-0.25, -0.2) is 8.42 Å². The molecule has 3 heterocycles. The van der Waals surface area contributed by atoms with Crippen LogP contribution in [0.5, 0.6) is 5.75 Å². The maximum Gasteiger partial charge on any atom is 0.253 e. The summed E-state index contributed by atoms with van der Waals surface area (Å²) in [5.74, 6) is 0.696. The van der Waals surface area contributed by atoms with Crippen molar-refractivity contribution in [2.24, 2.45) is 5.92 Å². The molecule has 0 radical (unpaired) electrons. The van der Waals surface area contributed by atoms with E-state index in [9.17, 15) is 13.2 Å². The number of rotatable bonds is 4. The van der Waals surface area contributed by atoms with Gasteiger partial charge in [-0.3, -0.25) is 9.78 Å². The van der Waals surface area contributed by atoms with Crippen molar-refractivity contribution in [2.75, 3.05) is 26.7 Å². The number of likely N-dealkylation sites (tertiary alicyclic amines) is 1. The Morgan fingerprint density at radius 1 is 1.10 bits per heavy atom. The van der Waals surface area contributed by atoms with Crippen molar-refractivity contribution in [3.8, 4) is 5.75 Å². The first-order valence-electron chi connectivity index (χ1n) is 9.80. The van der Waals surface area contributed by atoms with E-state index in [1.54, 1.807) is 53.0 Å². The number of fused-ring (bicyclic) bond motifs is 1. The highest BCUT2D eigenvalue weighted by molar-refractivity contribution is 7.90. The highest BCUT2D eigenvalue weighted by atomic mass is 32.2. The van der Waals surface area contributed by atoms with Crippen molar-refractivity contribution in [1.82, 2.24) is 14.2 Å². The Morgan fingerprint density at radius 3 is 2.48 bits per heavy atom. The fourth-order valence-electron chi connectivity index (χ4n) is 4.26. The van der Waals surface area contributed by atoms with Gasteiger partial charge in [-0.05, 0) is 60.7 Å². The summed E-state index contributed by atoms with van der Waals surface area (Å²) in [6.45, 7) is 1.92. The Labute approximate surface area is 171 Å². The third-order valence-corrected chi connectivity index (χ3v) is 8.28. The van der Waals surface area contributed by atoms with E-state index < -0.39 is 15.3 Å². The average molecular weight is 416 g/mol. The highest BCUT2D eigenvalue weighted by Crippen LogP contribution is 2.35. The highest BCUT2D eigenvalue weighted by Gasteiger charge is 2.47. The lowest BCUT2D eigenvalue weighted by Crippen LogP contribution is -2.34. The molecule has 8 heteroatoms. The van der Waals surface area contributed by atoms with Crippen LogP contribution in [0.25, 0.3) is 0 Å². The zero-order chi connectivity index (χ0) is 20.4. The zero-order valence-electron chi connectivity index (χ0n) is 16.4. The van der Waals surface area contributed by atoms with E-state index in [4.69, 9.17) is 4.74 Å². The fourth-order valence-corrected chi connectivity index (χ4v) is 6.48. The summed E-state index contributed by atoms with van der Waals surface area (Å²) >= 11 is 0. The Kier molecular flexibility index (Phi) is 5.56. The predicted octanol–water partition coefficient (Wildman–Crippen LogP) is 2.16. The minimum absolute atomic E-state index is 0.0514. The second kappa shape index (κ2) is 8.12. The van der Waals surface area contributed by atoms with Crippen LogP contribution in [-0.4, -0.2) is 60.5 Å². The molecule has 0 aliphatic carbocycles. The molecule has 0 unspecified atom stereocenters. The first-order valence-corrected chi connectivity index (χ1v) is 11.3. The number of amides is 1.